The molecule has 1 N–H and O–H groups in total. The normalized spacial score (nSPS) is 11.2. The molecule has 0 fully saturated rings. The number of carbonyl (C=O) groups is 1. The van der Waals surface area contributed by atoms with Crippen LogP contribution in [0.2, 0.25) is 0 Å². The van der Waals surface area contributed by atoms with Crippen molar-refractivity contribution >= 4 is 25.6 Å². The average molecular weight is 320 g/mol. The summed E-state index contributed by atoms with van der Waals surface area (Å²) in [5.41, 5.74) is 1.94. The van der Waals surface area contributed by atoms with E-state index in [2.05, 4.69) is 5.32 Å². The first-order valence-corrected chi connectivity index (χ1v) is 8.38. The Bertz CT molecular complexity index is 626. The highest BCUT2D eigenvalue weighted by atomic mass is 35.7. The third-order valence-electron chi connectivity index (χ3n) is 3.10. The maximum Gasteiger partial charge on any atom is 0.261 e. The molecule has 1 aromatic carbocycles. The maximum atomic E-state index is 11.5. The van der Waals surface area contributed by atoms with Crippen molar-refractivity contribution in [2.45, 2.75) is 32.1 Å². The number of halogens is 1. The van der Waals surface area contributed by atoms with Gasteiger partial charge in [0.05, 0.1) is 17.9 Å². The molecule has 0 unspecified atom stereocenters. The summed E-state index contributed by atoms with van der Waals surface area (Å²) in [6, 6.07) is 1.49. The number of hydrogen-bond acceptors (Lipinski definition) is 4. The van der Waals surface area contributed by atoms with Crippen LogP contribution in [0, 0.1) is 20.8 Å². The molecule has 112 valence electrons. The molecule has 0 radical (unpaired) electrons. The summed E-state index contributed by atoms with van der Waals surface area (Å²) in [5, 5.41) is 2.51. The number of aryl methyl sites for hydroxylation is 1. The molecule has 0 bridgehead atoms. The fourth-order valence-corrected chi connectivity index (χ4v) is 3.18. The van der Waals surface area contributed by atoms with Crippen LogP contribution in [-0.2, 0) is 13.8 Å². The lowest BCUT2D eigenvalue weighted by Gasteiger charge is -2.16. The summed E-state index contributed by atoms with van der Waals surface area (Å²) in [4.78, 5) is 11.2. The van der Waals surface area contributed by atoms with Gasteiger partial charge in [0.2, 0.25) is 5.91 Å². The molecular weight excluding hydrogens is 302 g/mol. The molecule has 0 saturated heterocycles. The van der Waals surface area contributed by atoms with Crippen LogP contribution in [0.15, 0.2) is 11.0 Å². The second-order valence-electron chi connectivity index (χ2n) is 4.48. The van der Waals surface area contributed by atoms with E-state index in [-0.39, 0.29) is 23.8 Å². The summed E-state index contributed by atoms with van der Waals surface area (Å²) < 4.78 is 28.6. The zero-order valence-electron chi connectivity index (χ0n) is 11.9. The van der Waals surface area contributed by atoms with Gasteiger partial charge in [0.1, 0.15) is 5.75 Å². The van der Waals surface area contributed by atoms with Crippen LogP contribution < -0.4 is 10.1 Å². The highest BCUT2D eigenvalue weighted by Gasteiger charge is 2.19. The van der Waals surface area contributed by atoms with E-state index in [0.29, 0.717) is 22.4 Å². The number of hydrogen-bond donors (Lipinski definition) is 1. The van der Waals surface area contributed by atoms with Crippen molar-refractivity contribution in [1.82, 2.24) is 5.32 Å². The minimum absolute atomic E-state index is 0.0906. The van der Waals surface area contributed by atoms with Crippen LogP contribution in [0.5, 0.6) is 5.75 Å². The molecule has 0 spiro atoms. The predicted octanol–water partition coefficient (Wildman–Crippen LogP) is 2.05. The molecule has 0 aliphatic rings. The number of nitrogens with one attached hydrogen (secondary N) is 1. The highest BCUT2D eigenvalue weighted by Crippen LogP contribution is 2.32. The van der Waals surface area contributed by atoms with Crippen LogP contribution in [-0.4, -0.2) is 28.0 Å². The topological polar surface area (TPSA) is 72.5 Å². The van der Waals surface area contributed by atoms with E-state index in [4.69, 9.17) is 15.4 Å². The van der Waals surface area contributed by atoms with Crippen LogP contribution in [0.4, 0.5) is 0 Å². The molecule has 0 saturated carbocycles. The van der Waals surface area contributed by atoms with Crippen molar-refractivity contribution in [2.75, 3.05) is 13.7 Å². The van der Waals surface area contributed by atoms with Gasteiger partial charge in [0.15, 0.2) is 0 Å². The van der Waals surface area contributed by atoms with E-state index in [0.717, 1.165) is 0 Å². The number of ether oxygens (including phenoxy) is 1. The Hall–Kier alpha value is -1.27. The molecule has 20 heavy (non-hydrogen) atoms. The highest BCUT2D eigenvalue weighted by molar-refractivity contribution is 8.13. The van der Waals surface area contributed by atoms with E-state index in [1.807, 2.05) is 0 Å². The average Bonchev–Trinajstić information content (AvgIpc) is 2.36. The first-order valence-electron chi connectivity index (χ1n) is 6.07. The molecule has 1 rings (SSSR count). The van der Waals surface area contributed by atoms with Crippen LogP contribution in [0.3, 0.4) is 0 Å². The smallest absolute Gasteiger partial charge is 0.261 e. The van der Waals surface area contributed by atoms with Gasteiger partial charge >= 0.3 is 0 Å². The minimum Gasteiger partial charge on any atom is -0.492 e. The summed E-state index contributed by atoms with van der Waals surface area (Å²) in [6.45, 7) is 5.42. The number of rotatable bonds is 5. The minimum atomic E-state index is -3.78. The van der Waals surface area contributed by atoms with Gasteiger partial charge in [-0.05, 0) is 43.5 Å². The number of amides is 1. The number of carbonyl (C=O) groups excluding carboxylic acids is 1. The van der Waals surface area contributed by atoms with E-state index >= 15 is 0 Å². The lowest BCUT2D eigenvalue weighted by atomic mass is 10.1. The van der Waals surface area contributed by atoms with E-state index in [1.165, 1.54) is 6.07 Å². The van der Waals surface area contributed by atoms with Crippen LogP contribution >= 0.6 is 10.7 Å². The van der Waals surface area contributed by atoms with Crippen molar-refractivity contribution in [3.8, 4) is 5.75 Å². The fraction of sp³-hybridized carbons (Fsp3) is 0.462. The monoisotopic (exact) mass is 319 g/mol. The van der Waals surface area contributed by atoms with Gasteiger partial charge in [-0.1, -0.05) is 0 Å². The Labute approximate surface area is 123 Å². The van der Waals surface area contributed by atoms with Gasteiger partial charge in [-0.2, -0.15) is 0 Å². The standard InChI is InChI=1S/C13H18ClNO4S/c1-8-7-11(20(14,17)18)9(2)10(3)13(8)19-6-5-12(16)15-4/h7H,5-6H2,1-4H3,(H,15,16). The zero-order valence-corrected chi connectivity index (χ0v) is 13.5. The fourth-order valence-electron chi connectivity index (χ4n) is 1.87. The summed E-state index contributed by atoms with van der Waals surface area (Å²) in [6.07, 6.45) is 0.240. The Morgan fingerprint density at radius 2 is 1.90 bits per heavy atom. The Morgan fingerprint density at radius 1 is 1.30 bits per heavy atom. The van der Waals surface area contributed by atoms with Gasteiger partial charge in [0.25, 0.3) is 9.05 Å². The molecule has 0 atom stereocenters. The van der Waals surface area contributed by atoms with Crippen molar-refractivity contribution < 1.29 is 17.9 Å². The molecule has 1 aromatic rings. The predicted molar refractivity (Wildman–Crippen MR) is 77.9 cm³/mol. The summed E-state index contributed by atoms with van der Waals surface area (Å²) in [7, 11) is 3.18. The molecule has 0 aliphatic heterocycles. The first kappa shape index (κ1) is 16.8. The quantitative estimate of drug-likeness (QED) is 0.843. The molecule has 0 heterocycles. The third-order valence-corrected chi connectivity index (χ3v) is 4.54. The van der Waals surface area contributed by atoms with Crippen LogP contribution in [0.25, 0.3) is 0 Å². The van der Waals surface area contributed by atoms with E-state index in [1.54, 1.807) is 27.8 Å². The van der Waals surface area contributed by atoms with Gasteiger partial charge in [-0.3, -0.25) is 4.79 Å². The molecule has 7 heteroatoms. The van der Waals surface area contributed by atoms with Gasteiger partial charge in [-0.15, -0.1) is 0 Å². The maximum absolute atomic E-state index is 11.5. The zero-order chi connectivity index (χ0) is 15.5. The lowest BCUT2D eigenvalue weighted by molar-refractivity contribution is -0.121. The van der Waals surface area contributed by atoms with Gasteiger partial charge in [0, 0.05) is 17.7 Å². The van der Waals surface area contributed by atoms with Crippen molar-refractivity contribution in [3.05, 3.63) is 22.8 Å². The Balaban J connectivity index is 3.06. The molecule has 1 amide bonds. The molecular formula is C13H18ClNO4S. The Morgan fingerprint density at radius 3 is 2.40 bits per heavy atom. The number of benzene rings is 1. The molecule has 0 aliphatic carbocycles. The van der Waals surface area contributed by atoms with E-state index in [9.17, 15) is 13.2 Å². The second kappa shape index (κ2) is 6.45. The summed E-state index contributed by atoms with van der Waals surface area (Å²) >= 11 is 0. The van der Waals surface area contributed by atoms with Crippen molar-refractivity contribution in [1.29, 1.82) is 0 Å². The third kappa shape index (κ3) is 3.86. The SMILES string of the molecule is CNC(=O)CCOc1c(C)cc(S(=O)(=O)Cl)c(C)c1C. The lowest BCUT2D eigenvalue weighted by Crippen LogP contribution is -2.20. The molecule has 0 aromatic heterocycles. The van der Waals surface area contributed by atoms with Crippen LogP contribution in [0.1, 0.15) is 23.1 Å². The second-order valence-corrected chi connectivity index (χ2v) is 7.01. The van der Waals surface area contributed by atoms with E-state index < -0.39 is 9.05 Å². The van der Waals surface area contributed by atoms with Gasteiger partial charge in [-0.25, -0.2) is 8.42 Å². The first-order chi connectivity index (χ1) is 9.18. The van der Waals surface area contributed by atoms with Crippen molar-refractivity contribution in [2.24, 2.45) is 0 Å². The van der Waals surface area contributed by atoms with Gasteiger partial charge < -0.3 is 10.1 Å². The molecule has 5 nitrogen and oxygen atoms in total. The Kier molecular flexibility index (Phi) is 5.42. The largest absolute Gasteiger partial charge is 0.492 e. The summed E-state index contributed by atoms with van der Waals surface area (Å²) in [5.74, 6) is 0.479. The van der Waals surface area contributed by atoms with Crippen molar-refractivity contribution in [3.63, 3.8) is 0 Å².